The normalized spacial score (nSPS) is 22.4. The summed E-state index contributed by atoms with van der Waals surface area (Å²) in [6.45, 7) is 5.35. The number of amides is 1. The van der Waals surface area contributed by atoms with Gasteiger partial charge in [0.2, 0.25) is 0 Å². The van der Waals surface area contributed by atoms with Crippen molar-refractivity contribution in [3.63, 3.8) is 0 Å². The molecule has 0 aromatic heterocycles. The van der Waals surface area contributed by atoms with Crippen molar-refractivity contribution in [3.05, 3.63) is 30.1 Å². The summed E-state index contributed by atoms with van der Waals surface area (Å²) in [6.07, 6.45) is 6.02. The molecule has 2 aliphatic heterocycles. The van der Waals surface area contributed by atoms with Gasteiger partial charge in [0, 0.05) is 19.6 Å². The predicted molar refractivity (Wildman–Crippen MR) is 91.5 cm³/mol. The third-order valence-corrected chi connectivity index (χ3v) is 5.09. The molecule has 2 fully saturated rings. The number of carbonyl (C=O) groups is 1. The summed E-state index contributed by atoms with van der Waals surface area (Å²) in [5.74, 6) is 0.969. The van der Waals surface area contributed by atoms with Crippen LogP contribution in [0.4, 0.5) is 4.39 Å². The summed E-state index contributed by atoms with van der Waals surface area (Å²) in [5, 5.41) is 0. The Bertz CT molecular complexity index is 529. The maximum absolute atomic E-state index is 12.9. The van der Waals surface area contributed by atoms with E-state index in [1.807, 2.05) is 4.90 Å². The van der Waals surface area contributed by atoms with Crippen molar-refractivity contribution in [1.82, 2.24) is 9.80 Å². The molecule has 3 rings (SSSR count). The Morgan fingerprint density at radius 3 is 2.54 bits per heavy atom. The molecule has 2 aliphatic rings. The first-order chi connectivity index (χ1) is 11.7. The van der Waals surface area contributed by atoms with E-state index in [0.717, 1.165) is 25.9 Å². The Labute approximate surface area is 143 Å². The molecule has 1 aromatic carbocycles. The van der Waals surface area contributed by atoms with E-state index in [-0.39, 0.29) is 18.3 Å². The van der Waals surface area contributed by atoms with Gasteiger partial charge in [-0.2, -0.15) is 0 Å². The molecule has 1 unspecified atom stereocenters. The van der Waals surface area contributed by atoms with Crippen LogP contribution in [0, 0.1) is 11.7 Å². The van der Waals surface area contributed by atoms with Crippen molar-refractivity contribution in [2.24, 2.45) is 5.92 Å². The SMILES string of the molecule is O=C(COc1ccc(F)cc1)N1CCCC(CN2CCCC2)CC1. The van der Waals surface area contributed by atoms with Crippen LogP contribution < -0.4 is 4.74 Å². The first-order valence-electron chi connectivity index (χ1n) is 9.09. The quantitative estimate of drug-likeness (QED) is 0.830. The van der Waals surface area contributed by atoms with Gasteiger partial charge in [-0.05, 0) is 75.4 Å². The summed E-state index contributed by atoms with van der Waals surface area (Å²) >= 11 is 0. The summed E-state index contributed by atoms with van der Waals surface area (Å²) in [4.78, 5) is 16.9. The minimum Gasteiger partial charge on any atom is -0.484 e. The average Bonchev–Trinajstić information content (AvgIpc) is 2.98. The Hall–Kier alpha value is -1.62. The second kappa shape index (κ2) is 8.47. The van der Waals surface area contributed by atoms with Crippen LogP contribution >= 0.6 is 0 Å². The molecule has 2 heterocycles. The molecule has 0 aliphatic carbocycles. The van der Waals surface area contributed by atoms with E-state index in [1.54, 1.807) is 12.1 Å². The van der Waals surface area contributed by atoms with E-state index < -0.39 is 0 Å². The number of likely N-dealkylation sites (tertiary alicyclic amines) is 2. The monoisotopic (exact) mass is 334 g/mol. The van der Waals surface area contributed by atoms with Gasteiger partial charge in [0.05, 0.1) is 0 Å². The molecule has 1 amide bonds. The standard InChI is InChI=1S/C19H27FN2O2/c20-17-5-7-18(8-6-17)24-15-19(23)22-12-3-4-16(9-13-22)14-21-10-1-2-11-21/h5-8,16H,1-4,9-15H2. The highest BCUT2D eigenvalue weighted by Crippen LogP contribution is 2.21. The lowest BCUT2D eigenvalue weighted by Crippen LogP contribution is -2.36. The Morgan fingerprint density at radius 2 is 1.79 bits per heavy atom. The Morgan fingerprint density at radius 1 is 1.04 bits per heavy atom. The lowest BCUT2D eigenvalue weighted by molar-refractivity contribution is -0.133. The van der Waals surface area contributed by atoms with E-state index >= 15 is 0 Å². The Kier molecular flexibility index (Phi) is 6.07. The summed E-state index contributed by atoms with van der Waals surface area (Å²) < 4.78 is 18.4. The molecule has 24 heavy (non-hydrogen) atoms. The topological polar surface area (TPSA) is 32.8 Å². The first-order valence-corrected chi connectivity index (χ1v) is 9.09. The van der Waals surface area contributed by atoms with E-state index in [4.69, 9.17) is 4.74 Å². The molecule has 0 spiro atoms. The van der Waals surface area contributed by atoms with Crippen LogP contribution in [-0.4, -0.2) is 55.0 Å². The number of benzene rings is 1. The number of hydrogen-bond donors (Lipinski definition) is 0. The van der Waals surface area contributed by atoms with E-state index in [1.165, 1.54) is 51.0 Å². The zero-order valence-corrected chi connectivity index (χ0v) is 14.3. The number of ether oxygens (including phenoxy) is 1. The van der Waals surface area contributed by atoms with Crippen molar-refractivity contribution >= 4 is 5.91 Å². The third kappa shape index (κ3) is 4.94. The number of hydrogen-bond acceptors (Lipinski definition) is 3. The lowest BCUT2D eigenvalue weighted by atomic mass is 10.0. The largest absolute Gasteiger partial charge is 0.484 e. The molecule has 4 nitrogen and oxygen atoms in total. The van der Waals surface area contributed by atoms with Crippen molar-refractivity contribution in [1.29, 1.82) is 0 Å². The van der Waals surface area contributed by atoms with Crippen LogP contribution in [0.5, 0.6) is 5.75 Å². The van der Waals surface area contributed by atoms with Gasteiger partial charge in [-0.1, -0.05) is 0 Å². The van der Waals surface area contributed by atoms with Crippen molar-refractivity contribution in [3.8, 4) is 5.75 Å². The second-order valence-corrected chi connectivity index (χ2v) is 6.93. The van der Waals surface area contributed by atoms with Gasteiger partial charge in [-0.3, -0.25) is 4.79 Å². The number of halogens is 1. The molecule has 0 radical (unpaired) electrons. The fourth-order valence-electron chi connectivity index (χ4n) is 3.69. The predicted octanol–water partition coefficient (Wildman–Crippen LogP) is 2.93. The molecule has 1 atom stereocenters. The highest BCUT2D eigenvalue weighted by atomic mass is 19.1. The van der Waals surface area contributed by atoms with Crippen LogP contribution in [0.25, 0.3) is 0 Å². The van der Waals surface area contributed by atoms with Gasteiger partial charge >= 0.3 is 0 Å². The van der Waals surface area contributed by atoms with Gasteiger partial charge < -0.3 is 14.5 Å². The van der Waals surface area contributed by atoms with Gasteiger partial charge in [-0.15, -0.1) is 0 Å². The maximum atomic E-state index is 12.9. The van der Waals surface area contributed by atoms with Crippen LogP contribution in [0.1, 0.15) is 32.1 Å². The molecule has 0 saturated carbocycles. The highest BCUT2D eigenvalue weighted by molar-refractivity contribution is 5.77. The Balaban J connectivity index is 1.42. The summed E-state index contributed by atoms with van der Waals surface area (Å²) in [6, 6.07) is 5.79. The molecule has 2 saturated heterocycles. The van der Waals surface area contributed by atoms with Gasteiger partial charge in [0.25, 0.3) is 5.91 Å². The highest BCUT2D eigenvalue weighted by Gasteiger charge is 2.23. The van der Waals surface area contributed by atoms with Crippen molar-refractivity contribution in [2.45, 2.75) is 32.1 Å². The molecule has 5 heteroatoms. The second-order valence-electron chi connectivity index (χ2n) is 6.93. The third-order valence-electron chi connectivity index (χ3n) is 5.09. The van der Waals surface area contributed by atoms with E-state index in [9.17, 15) is 9.18 Å². The minimum atomic E-state index is -0.301. The van der Waals surface area contributed by atoms with E-state index in [2.05, 4.69) is 4.90 Å². The number of carbonyl (C=O) groups excluding carboxylic acids is 1. The zero-order valence-electron chi connectivity index (χ0n) is 14.3. The summed E-state index contributed by atoms with van der Waals surface area (Å²) in [7, 11) is 0. The zero-order chi connectivity index (χ0) is 16.8. The molecule has 132 valence electrons. The van der Waals surface area contributed by atoms with E-state index in [0.29, 0.717) is 11.7 Å². The average molecular weight is 334 g/mol. The van der Waals surface area contributed by atoms with Gasteiger partial charge in [0.1, 0.15) is 11.6 Å². The molecular formula is C19H27FN2O2. The number of nitrogens with zero attached hydrogens (tertiary/aromatic N) is 2. The lowest BCUT2D eigenvalue weighted by Gasteiger charge is -2.23. The molecule has 0 bridgehead atoms. The van der Waals surface area contributed by atoms with Crippen LogP contribution in [0.2, 0.25) is 0 Å². The van der Waals surface area contributed by atoms with Gasteiger partial charge in [0.15, 0.2) is 6.61 Å². The smallest absolute Gasteiger partial charge is 0.260 e. The van der Waals surface area contributed by atoms with Crippen molar-refractivity contribution < 1.29 is 13.9 Å². The molecule has 0 N–H and O–H groups in total. The number of rotatable bonds is 5. The molecular weight excluding hydrogens is 307 g/mol. The summed E-state index contributed by atoms with van der Waals surface area (Å²) in [5.41, 5.74) is 0. The first kappa shape index (κ1) is 17.2. The maximum Gasteiger partial charge on any atom is 0.260 e. The van der Waals surface area contributed by atoms with Crippen LogP contribution in [-0.2, 0) is 4.79 Å². The molecule has 1 aromatic rings. The van der Waals surface area contributed by atoms with Gasteiger partial charge in [-0.25, -0.2) is 4.39 Å². The van der Waals surface area contributed by atoms with Crippen LogP contribution in [0.3, 0.4) is 0 Å². The van der Waals surface area contributed by atoms with Crippen molar-refractivity contribution in [2.75, 3.05) is 39.3 Å². The minimum absolute atomic E-state index is 0.0288. The fourth-order valence-corrected chi connectivity index (χ4v) is 3.69. The fraction of sp³-hybridized carbons (Fsp3) is 0.632. The van der Waals surface area contributed by atoms with Crippen LogP contribution in [0.15, 0.2) is 24.3 Å².